The van der Waals surface area contributed by atoms with E-state index in [4.69, 9.17) is 0 Å². The van der Waals surface area contributed by atoms with Gasteiger partial charge in [-0.25, -0.2) is 0 Å². The van der Waals surface area contributed by atoms with Gasteiger partial charge >= 0.3 is 6.18 Å². The topological polar surface area (TPSA) is 32.9 Å². The van der Waals surface area contributed by atoms with Crippen LogP contribution in [0.25, 0.3) is 16.6 Å². The first-order valence-corrected chi connectivity index (χ1v) is 11.1. The molecule has 0 aliphatic carbocycles. The van der Waals surface area contributed by atoms with Crippen molar-refractivity contribution < 1.29 is 13.2 Å². The second-order valence-corrected chi connectivity index (χ2v) is 8.44. The molecule has 33 heavy (non-hydrogen) atoms. The standard InChI is InChI=1S/C25H25F3N4O/c26-25(27,28)19-9-10-21-23(18-19)31-12-4-8-22(31)24(33)32(21)13-5-11-29-14-16-30(17-15-29)20-6-2-1-3-7-20/h1-4,6-10,12,18H,5,11,13-17H2. The third-order valence-electron chi connectivity index (χ3n) is 6.42. The summed E-state index contributed by atoms with van der Waals surface area (Å²) in [7, 11) is 0. The summed E-state index contributed by atoms with van der Waals surface area (Å²) in [4.78, 5) is 17.8. The van der Waals surface area contributed by atoms with Crippen molar-refractivity contribution in [2.75, 3.05) is 37.6 Å². The van der Waals surface area contributed by atoms with E-state index in [0.717, 1.165) is 51.3 Å². The van der Waals surface area contributed by atoms with Crippen LogP contribution in [0.2, 0.25) is 0 Å². The molecule has 1 aliphatic heterocycles. The fraction of sp³-hybridized carbons (Fsp3) is 0.320. The molecule has 0 radical (unpaired) electrons. The molecule has 1 fully saturated rings. The molecule has 1 saturated heterocycles. The zero-order chi connectivity index (χ0) is 23.0. The number of para-hydroxylation sites is 1. The van der Waals surface area contributed by atoms with Crippen molar-refractivity contribution in [2.45, 2.75) is 19.1 Å². The number of hydrogen-bond donors (Lipinski definition) is 0. The fourth-order valence-corrected chi connectivity index (χ4v) is 4.68. The summed E-state index contributed by atoms with van der Waals surface area (Å²) < 4.78 is 43.0. The van der Waals surface area contributed by atoms with Crippen LogP contribution in [-0.2, 0) is 12.7 Å². The van der Waals surface area contributed by atoms with Crippen molar-refractivity contribution in [3.8, 4) is 0 Å². The molecular weight excluding hydrogens is 429 g/mol. The Bertz CT molecular complexity index is 1320. The third kappa shape index (κ3) is 4.23. The van der Waals surface area contributed by atoms with Crippen molar-refractivity contribution in [3.05, 3.63) is 82.8 Å². The number of nitrogens with zero attached hydrogens (tertiary/aromatic N) is 4. The number of aromatic nitrogens is 2. The molecule has 0 atom stereocenters. The normalized spacial score (nSPS) is 15.5. The second kappa shape index (κ2) is 8.59. The van der Waals surface area contributed by atoms with Crippen LogP contribution in [0.15, 0.2) is 71.7 Å². The van der Waals surface area contributed by atoms with E-state index in [0.29, 0.717) is 23.1 Å². The molecule has 8 heteroatoms. The minimum absolute atomic E-state index is 0.179. The summed E-state index contributed by atoms with van der Waals surface area (Å²) in [5.41, 5.74) is 1.63. The summed E-state index contributed by atoms with van der Waals surface area (Å²) in [6.45, 7) is 5.07. The van der Waals surface area contributed by atoms with E-state index < -0.39 is 11.7 Å². The predicted octanol–water partition coefficient (Wildman–Crippen LogP) is 4.49. The monoisotopic (exact) mass is 454 g/mol. The highest BCUT2D eigenvalue weighted by Gasteiger charge is 2.31. The van der Waals surface area contributed by atoms with Crippen molar-refractivity contribution in [1.82, 2.24) is 13.9 Å². The van der Waals surface area contributed by atoms with E-state index in [1.54, 1.807) is 27.3 Å². The smallest absolute Gasteiger partial charge is 0.369 e. The Balaban J connectivity index is 1.32. The molecular formula is C25H25F3N4O. The summed E-state index contributed by atoms with van der Waals surface area (Å²) >= 11 is 0. The van der Waals surface area contributed by atoms with Crippen LogP contribution < -0.4 is 10.5 Å². The summed E-state index contributed by atoms with van der Waals surface area (Å²) in [5.74, 6) is 0. The molecule has 0 spiro atoms. The third-order valence-corrected chi connectivity index (χ3v) is 6.42. The van der Waals surface area contributed by atoms with Crippen molar-refractivity contribution >= 4 is 22.2 Å². The lowest BCUT2D eigenvalue weighted by molar-refractivity contribution is -0.137. The maximum Gasteiger partial charge on any atom is 0.416 e. The molecule has 4 aromatic rings. The van der Waals surface area contributed by atoms with Gasteiger partial charge in [-0.3, -0.25) is 9.69 Å². The molecule has 2 aromatic heterocycles. The fourth-order valence-electron chi connectivity index (χ4n) is 4.68. The van der Waals surface area contributed by atoms with Gasteiger partial charge in [0, 0.05) is 44.6 Å². The van der Waals surface area contributed by atoms with Gasteiger partial charge in [0.2, 0.25) is 0 Å². The molecule has 5 rings (SSSR count). The average molecular weight is 454 g/mol. The lowest BCUT2D eigenvalue weighted by Gasteiger charge is -2.36. The maximum absolute atomic E-state index is 13.3. The molecule has 0 N–H and O–H groups in total. The van der Waals surface area contributed by atoms with Crippen molar-refractivity contribution in [2.24, 2.45) is 0 Å². The number of halogens is 3. The first-order chi connectivity index (χ1) is 15.9. The van der Waals surface area contributed by atoms with Crippen molar-refractivity contribution in [3.63, 3.8) is 0 Å². The Morgan fingerprint density at radius 1 is 0.788 bits per heavy atom. The number of rotatable bonds is 5. The highest BCUT2D eigenvalue weighted by atomic mass is 19.4. The Morgan fingerprint density at radius 2 is 1.55 bits per heavy atom. The van der Waals surface area contributed by atoms with Gasteiger partial charge in [0.15, 0.2) is 0 Å². The van der Waals surface area contributed by atoms with Crippen LogP contribution in [0, 0.1) is 0 Å². The predicted molar refractivity (Wildman–Crippen MR) is 124 cm³/mol. The van der Waals surface area contributed by atoms with Gasteiger partial charge in [-0.05, 0) is 55.4 Å². The number of benzene rings is 2. The number of aryl methyl sites for hydroxylation is 1. The Labute approximate surface area is 189 Å². The van der Waals surface area contributed by atoms with E-state index >= 15 is 0 Å². The minimum Gasteiger partial charge on any atom is -0.369 e. The summed E-state index contributed by atoms with van der Waals surface area (Å²) in [5, 5.41) is 0. The van der Waals surface area contributed by atoms with Gasteiger partial charge < -0.3 is 13.9 Å². The highest BCUT2D eigenvalue weighted by Crippen LogP contribution is 2.31. The zero-order valence-electron chi connectivity index (χ0n) is 18.1. The lowest BCUT2D eigenvalue weighted by Crippen LogP contribution is -2.46. The van der Waals surface area contributed by atoms with Crippen LogP contribution in [0.4, 0.5) is 18.9 Å². The largest absolute Gasteiger partial charge is 0.416 e. The molecule has 2 aromatic carbocycles. The van der Waals surface area contributed by atoms with Crippen LogP contribution in [0.3, 0.4) is 0 Å². The maximum atomic E-state index is 13.3. The van der Waals surface area contributed by atoms with Crippen LogP contribution >= 0.6 is 0 Å². The van der Waals surface area contributed by atoms with Gasteiger partial charge in [0.05, 0.1) is 16.6 Å². The quantitative estimate of drug-likeness (QED) is 0.446. The summed E-state index contributed by atoms with van der Waals surface area (Å²) in [6.07, 6.45) is -2.05. The number of fused-ring (bicyclic) bond motifs is 3. The zero-order valence-corrected chi connectivity index (χ0v) is 18.1. The number of alkyl halides is 3. The van der Waals surface area contributed by atoms with E-state index in [1.165, 1.54) is 11.8 Å². The van der Waals surface area contributed by atoms with Crippen LogP contribution in [0.1, 0.15) is 12.0 Å². The average Bonchev–Trinajstić information content (AvgIpc) is 3.32. The SMILES string of the molecule is O=c1c2cccn2c2cc(C(F)(F)F)ccc2n1CCCN1CCN(c2ccccc2)CC1. The van der Waals surface area contributed by atoms with Gasteiger partial charge in [0.1, 0.15) is 5.52 Å². The molecule has 0 saturated carbocycles. The van der Waals surface area contributed by atoms with Crippen molar-refractivity contribution in [1.29, 1.82) is 0 Å². The van der Waals surface area contributed by atoms with E-state index in [-0.39, 0.29) is 5.56 Å². The molecule has 5 nitrogen and oxygen atoms in total. The molecule has 172 valence electrons. The molecule has 0 unspecified atom stereocenters. The van der Waals surface area contributed by atoms with Gasteiger partial charge in [0.25, 0.3) is 5.56 Å². The first-order valence-electron chi connectivity index (χ1n) is 11.1. The Morgan fingerprint density at radius 3 is 2.27 bits per heavy atom. The minimum atomic E-state index is -4.43. The van der Waals surface area contributed by atoms with E-state index in [2.05, 4.69) is 21.9 Å². The number of piperazine rings is 1. The van der Waals surface area contributed by atoms with Gasteiger partial charge in [-0.2, -0.15) is 13.2 Å². The second-order valence-electron chi connectivity index (χ2n) is 8.44. The highest BCUT2D eigenvalue weighted by molar-refractivity contribution is 5.80. The molecule has 3 heterocycles. The lowest BCUT2D eigenvalue weighted by atomic mass is 10.1. The van der Waals surface area contributed by atoms with Gasteiger partial charge in [-0.15, -0.1) is 0 Å². The first kappa shape index (κ1) is 21.6. The molecule has 0 amide bonds. The number of hydrogen-bond acceptors (Lipinski definition) is 3. The van der Waals surface area contributed by atoms with Crippen LogP contribution in [0.5, 0.6) is 0 Å². The number of anilines is 1. The van der Waals surface area contributed by atoms with Gasteiger partial charge in [-0.1, -0.05) is 18.2 Å². The molecule has 1 aliphatic rings. The molecule has 0 bridgehead atoms. The van der Waals surface area contributed by atoms with E-state index in [9.17, 15) is 18.0 Å². The summed E-state index contributed by atoms with van der Waals surface area (Å²) in [6, 6.07) is 17.3. The van der Waals surface area contributed by atoms with E-state index in [1.807, 2.05) is 18.2 Å². The Kier molecular flexibility index (Phi) is 5.62. The van der Waals surface area contributed by atoms with Crippen LogP contribution in [-0.4, -0.2) is 46.6 Å². The Hall–Kier alpha value is -3.26.